The molecule has 0 atom stereocenters. The highest BCUT2D eigenvalue weighted by molar-refractivity contribution is 5.58. The van der Waals surface area contributed by atoms with Gasteiger partial charge in [0.25, 0.3) is 0 Å². The minimum absolute atomic E-state index is 0.863. The highest BCUT2D eigenvalue weighted by Gasteiger charge is 2.09. The van der Waals surface area contributed by atoms with E-state index in [1.54, 1.807) is 7.11 Å². The lowest BCUT2D eigenvalue weighted by molar-refractivity contribution is -0.502. The third kappa shape index (κ3) is 1.80. The van der Waals surface area contributed by atoms with E-state index in [1.807, 2.05) is 60.9 Å². The van der Waals surface area contributed by atoms with E-state index in [2.05, 4.69) is 9.38 Å². The standard InChI is InChI=1S/C15H13N2O/c1-18-13-7-5-12(6-8-13)14-9-10-16-15-4-2-3-11-17(14)15/h2-11H,1H3/q+1. The number of pyridine rings is 1. The van der Waals surface area contributed by atoms with E-state index < -0.39 is 0 Å². The van der Waals surface area contributed by atoms with Gasteiger partial charge in [0.05, 0.1) is 13.3 Å². The van der Waals surface area contributed by atoms with Crippen LogP contribution in [0.4, 0.5) is 0 Å². The molecule has 18 heavy (non-hydrogen) atoms. The first kappa shape index (κ1) is 10.7. The van der Waals surface area contributed by atoms with E-state index in [-0.39, 0.29) is 0 Å². The van der Waals surface area contributed by atoms with E-state index in [4.69, 9.17) is 4.74 Å². The summed E-state index contributed by atoms with van der Waals surface area (Å²) in [7, 11) is 1.67. The Kier molecular flexibility index (Phi) is 2.65. The molecule has 0 fully saturated rings. The molecule has 0 unspecified atom stereocenters. The summed E-state index contributed by atoms with van der Waals surface area (Å²) < 4.78 is 7.24. The summed E-state index contributed by atoms with van der Waals surface area (Å²) in [6.45, 7) is 0. The van der Waals surface area contributed by atoms with Crippen LogP contribution in [0.2, 0.25) is 0 Å². The molecule has 0 spiro atoms. The molecule has 2 heterocycles. The second kappa shape index (κ2) is 4.45. The molecule has 1 aromatic carbocycles. The molecule has 0 radical (unpaired) electrons. The van der Waals surface area contributed by atoms with Crippen LogP contribution >= 0.6 is 0 Å². The Morgan fingerprint density at radius 3 is 2.61 bits per heavy atom. The van der Waals surface area contributed by atoms with Crippen LogP contribution in [0.5, 0.6) is 5.75 Å². The van der Waals surface area contributed by atoms with Crippen LogP contribution in [0.15, 0.2) is 60.9 Å². The quantitative estimate of drug-likeness (QED) is 0.640. The minimum Gasteiger partial charge on any atom is -0.497 e. The number of hydrogen-bond acceptors (Lipinski definition) is 2. The molecule has 0 aliphatic rings. The molecule has 0 bridgehead atoms. The lowest BCUT2D eigenvalue weighted by atomic mass is 10.1. The van der Waals surface area contributed by atoms with Crippen LogP contribution in [0, 0.1) is 0 Å². The van der Waals surface area contributed by atoms with Gasteiger partial charge in [-0.2, -0.15) is 4.40 Å². The molecule has 0 saturated carbocycles. The van der Waals surface area contributed by atoms with E-state index >= 15 is 0 Å². The maximum Gasteiger partial charge on any atom is 0.327 e. The van der Waals surface area contributed by atoms with Gasteiger partial charge in [-0.3, -0.25) is 0 Å². The van der Waals surface area contributed by atoms with Gasteiger partial charge in [0.2, 0.25) is 0 Å². The van der Waals surface area contributed by atoms with Crippen molar-refractivity contribution < 1.29 is 9.14 Å². The van der Waals surface area contributed by atoms with Crippen molar-refractivity contribution in [2.75, 3.05) is 7.11 Å². The van der Waals surface area contributed by atoms with Crippen molar-refractivity contribution in [1.29, 1.82) is 0 Å². The number of benzene rings is 1. The highest BCUT2D eigenvalue weighted by atomic mass is 16.5. The fourth-order valence-corrected chi connectivity index (χ4v) is 2.00. The van der Waals surface area contributed by atoms with Gasteiger partial charge in [0.1, 0.15) is 17.6 Å². The van der Waals surface area contributed by atoms with Crippen molar-refractivity contribution in [3.05, 3.63) is 60.9 Å². The van der Waals surface area contributed by atoms with E-state index in [1.165, 1.54) is 0 Å². The first-order valence-corrected chi connectivity index (χ1v) is 5.78. The Labute approximate surface area is 105 Å². The summed E-state index contributed by atoms with van der Waals surface area (Å²) in [5.74, 6) is 0.863. The number of aromatic nitrogens is 2. The summed E-state index contributed by atoms with van der Waals surface area (Å²) in [5, 5.41) is 0. The number of ether oxygens (including phenoxy) is 1. The van der Waals surface area contributed by atoms with Gasteiger partial charge in [-0.15, -0.1) is 0 Å². The molecule has 88 valence electrons. The van der Waals surface area contributed by atoms with Crippen molar-refractivity contribution in [1.82, 2.24) is 4.98 Å². The number of hydrogen-bond donors (Lipinski definition) is 0. The first-order valence-electron chi connectivity index (χ1n) is 5.78. The molecule has 3 nitrogen and oxygen atoms in total. The van der Waals surface area contributed by atoms with Crippen molar-refractivity contribution in [2.45, 2.75) is 0 Å². The molecule has 3 rings (SSSR count). The molecule has 2 aromatic heterocycles. The third-order valence-electron chi connectivity index (χ3n) is 2.92. The molecular weight excluding hydrogens is 224 g/mol. The average Bonchev–Trinajstić information content (AvgIpc) is 2.47. The van der Waals surface area contributed by atoms with Crippen molar-refractivity contribution >= 4 is 5.65 Å². The van der Waals surface area contributed by atoms with Gasteiger partial charge in [0.15, 0.2) is 0 Å². The van der Waals surface area contributed by atoms with Crippen LogP contribution in [-0.4, -0.2) is 12.1 Å². The largest absolute Gasteiger partial charge is 0.497 e. The number of methoxy groups -OCH3 is 1. The van der Waals surface area contributed by atoms with Gasteiger partial charge in [-0.25, -0.2) is 0 Å². The molecule has 3 heteroatoms. The van der Waals surface area contributed by atoms with Crippen LogP contribution in [0.1, 0.15) is 0 Å². The van der Waals surface area contributed by atoms with Gasteiger partial charge in [-0.1, -0.05) is 6.07 Å². The maximum absolute atomic E-state index is 5.17. The lowest BCUT2D eigenvalue weighted by Gasteiger charge is -2.03. The number of rotatable bonds is 2. The first-order chi connectivity index (χ1) is 8.88. The van der Waals surface area contributed by atoms with E-state index in [9.17, 15) is 0 Å². The number of nitrogens with zero attached hydrogens (tertiary/aromatic N) is 2. The van der Waals surface area contributed by atoms with Crippen molar-refractivity contribution in [3.63, 3.8) is 0 Å². The van der Waals surface area contributed by atoms with Crippen LogP contribution in [0.3, 0.4) is 0 Å². The molecule has 0 amide bonds. The molecular formula is C15H13N2O+. The van der Waals surface area contributed by atoms with Gasteiger partial charge in [0, 0.05) is 17.7 Å². The summed E-state index contributed by atoms with van der Waals surface area (Å²) in [6, 6.07) is 16.0. The summed E-state index contributed by atoms with van der Waals surface area (Å²) in [6.07, 6.45) is 3.84. The highest BCUT2D eigenvalue weighted by Crippen LogP contribution is 2.19. The van der Waals surface area contributed by atoms with Crippen molar-refractivity contribution in [2.24, 2.45) is 0 Å². The zero-order valence-corrected chi connectivity index (χ0v) is 10.1. The average molecular weight is 237 g/mol. The second-order valence-corrected chi connectivity index (χ2v) is 3.99. The summed E-state index contributed by atoms with van der Waals surface area (Å²) >= 11 is 0. The van der Waals surface area contributed by atoms with E-state index in [0.717, 1.165) is 22.7 Å². The SMILES string of the molecule is COc1ccc(-c2ccnc3cccc[n+]23)cc1. The smallest absolute Gasteiger partial charge is 0.327 e. The monoisotopic (exact) mass is 237 g/mol. The van der Waals surface area contributed by atoms with Crippen LogP contribution in [-0.2, 0) is 0 Å². The minimum atomic E-state index is 0.863. The van der Waals surface area contributed by atoms with Crippen LogP contribution in [0.25, 0.3) is 16.9 Å². The second-order valence-electron chi connectivity index (χ2n) is 3.99. The lowest BCUT2D eigenvalue weighted by Crippen LogP contribution is -2.25. The zero-order chi connectivity index (χ0) is 12.4. The Bertz CT molecular complexity index is 672. The van der Waals surface area contributed by atoms with Gasteiger partial charge in [-0.05, 0) is 35.3 Å². The molecule has 0 aliphatic heterocycles. The fourth-order valence-electron chi connectivity index (χ4n) is 2.00. The zero-order valence-electron chi connectivity index (χ0n) is 10.1. The summed E-state index contributed by atoms with van der Waals surface area (Å²) in [5.41, 5.74) is 3.19. The molecule has 3 aromatic rings. The maximum atomic E-state index is 5.17. The van der Waals surface area contributed by atoms with Gasteiger partial charge < -0.3 is 4.74 Å². The predicted octanol–water partition coefficient (Wildman–Crippen LogP) is 2.50. The predicted molar refractivity (Wildman–Crippen MR) is 69.4 cm³/mol. The Morgan fingerprint density at radius 2 is 1.83 bits per heavy atom. The van der Waals surface area contributed by atoms with E-state index in [0.29, 0.717) is 0 Å². The fraction of sp³-hybridized carbons (Fsp3) is 0.0667. The summed E-state index contributed by atoms with van der Waals surface area (Å²) in [4.78, 5) is 4.34. The normalized spacial score (nSPS) is 10.5. The molecule has 0 N–H and O–H groups in total. The number of fused-ring (bicyclic) bond motifs is 1. The van der Waals surface area contributed by atoms with Crippen LogP contribution < -0.4 is 9.14 Å². The molecule has 0 saturated heterocycles. The Balaban J connectivity index is 2.18. The molecule has 0 aliphatic carbocycles. The third-order valence-corrected chi connectivity index (χ3v) is 2.92. The van der Waals surface area contributed by atoms with Gasteiger partial charge >= 0.3 is 5.65 Å². The van der Waals surface area contributed by atoms with Crippen molar-refractivity contribution in [3.8, 4) is 17.0 Å². The topological polar surface area (TPSA) is 26.2 Å². The Hall–Kier alpha value is -2.42. The Morgan fingerprint density at radius 1 is 1.00 bits per heavy atom.